The molecule has 2 rings (SSSR count). The molecule has 2 aromatic carbocycles. The maximum Gasteiger partial charge on any atom is 0.128 e. The van der Waals surface area contributed by atoms with Gasteiger partial charge in [-0.3, -0.25) is 0 Å². The Morgan fingerprint density at radius 1 is 1.10 bits per heavy atom. The minimum absolute atomic E-state index is 0.193. The van der Waals surface area contributed by atoms with Crippen molar-refractivity contribution in [3.05, 3.63) is 63.4 Å². The highest BCUT2D eigenvalue weighted by Gasteiger charge is 2.09. The maximum atomic E-state index is 13.6. The number of hydrogen-bond donors (Lipinski definition) is 1. The van der Waals surface area contributed by atoms with Crippen LogP contribution in [0.5, 0.6) is 0 Å². The van der Waals surface area contributed by atoms with E-state index >= 15 is 0 Å². The Bertz CT molecular complexity index is 697. The van der Waals surface area contributed by atoms with Crippen LogP contribution in [-0.2, 0) is 6.54 Å². The summed E-state index contributed by atoms with van der Waals surface area (Å²) in [7, 11) is 0. The summed E-state index contributed by atoms with van der Waals surface area (Å²) in [5, 5.41) is 21.1. The molecule has 5 heteroatoms. The van der Waals surface area contributed by atoms with Gasteiger partial charge in [-0.15, -0.1) is 0 Å². The highest BCUT2D eigenvalue weighted by atomic mass is 79.9. The third-order valence-electron chi connectivity index (χ3n) is 2.77. The van der Waals surface area contributed by atoms with Crippen LogP contribution in [0, 0.1) is 28.5 Å². The highest BCUT2D eigenvalue weighted by Crippen LogP contribution is 2.22. The monoisotopic (exact) mass is 329 g/mol. The molecule has 0 aliphatic heterocycles. The summed E-state index contributed by atoms with van der Waals surface area (Å²) >= 11 is 3.28. The Kier molecular flexibility index (Phi) is 4.34. The fraction of sp³-hybridized carbons (Fsp3) is 0.0667. The van der Waals surface area contributed by atoms with Crippen LogP contribution in [-0.4, -0.2) is 0 Å². The number of rotatable bonds is 3. The number of nitriles is 2. The Morgan fingerprint density at radius 2 is 1.75 bits per heavy atom. The van der Waals surface area contributed by atoms with Crippen molar-refractivity contribution >= 4 is 21.6 Å². The maximum absolute atomic E-state index is 13.6. The molecule has 0 heterocycles. The molecule has 0 amide bonds. The van der Waals surface area contributed by atoms with Gasteiger partial charge >= 0.3 is 0 Å². The average Bonchev–Trinajstić information content (AvgIpc) is 2.47. The van der Waals surface area contributed by atoms with E-state index in [2.05, 4.69) is 21.2 Å². The normalized spacial score (nSPS) is 9.60. The van der Waals surface area contributed by atoms with Crippen molar-refractivity contribution in [1.29, 1.82) is 10.5 Å². The first-order chi connectivity index (χ1) is 9.65. The molecular formula is C15H9BrFN3. The van der Waals surface area contributed by atoms with Gasteiger partial charge in [-0.05, 0) is 30.3 Å². The zero-order valence-corrected chi connectivity index (χ0v) is 11.9. The molecule has 98 valence electrons. The van der Waals surface area contributed by atoms with Crippen LogP contribution in [0.3, 0.4) is 0 Å². The van der Waals surface area contributed by atoms with Crippen molar-refractivity contribution in [3.63, 3.8) is 0 Å². The standard InChI is InChI=1S/C15H9BrFN3/c16-13-4-5-14(17)12(6-13)9-20-15-10(7-18)2-1-3-11(15)8-19/h1-6,20H,9H2. The Morgan fingerprint density at radius 3 is 2.35 bits per heavy atom. The minimum Gasteiger partial charge on any atom is -0.379 e. The molecule has 0 bridgehead atoms. The number of benzene rings is 2. The fourth-order valence-electron chi connectivity index (χ4n) is 1.79. The van der Waals surface area contributed by atoms with Crippen molar-refractivity contribution < 1.29 is 4.39 Å². The van der Waals surface area contributed by atoms with Gasteiger partial charge < -0.3 is 5.32 Å². The largest absolute Gasteiger partial charge is 0.379 e. The van der Waals surface area contributed by atoms with E-state index in [-0.39, 0.29) is 12.4 Å². The molecule has 2 aromatic rings. The van der Waals surface area contributed by atoms with Crippen LogP contribution in [0.4, 0.5) is 10.1 Å². The quantitative estimate of drug-likeness (QED) is 0.927. The molecule has 20 heavy (non-hydrogen) atoms. The van der Waals surface area contributed by atoms with Crippen LogP contribution in [0.15, 0.2) is 40.9 Å². The molecule has 0 aliphatic carbocycles. The van der Waals surface area contributed by atoms with Crippen molar-refractivity contribution in [1.82, 2.24) is 0 Å². The summed E-state index contributed by atoms with van der Waals surface area (Å²) in [5.41, 5.74) is 1.60. The smallest absolute Gasteiger partial charge is 0.128 e. The number of anilines is 1. The number of halogens is 2. The lowest BCUT2D eigenvalue weighted by molar-refractivity contribution is 0.612. The number of nitrogens with one attached hydrogen (secondary N) is 1. The van der Waals surface area contributed by atoms with E-state index < -0.39 is 0 Å². The van der Waals surface area contributed by atoms with Gasteiger partial charge in [0, 0.05) is 16.6 Å². The van der Waals surface area contributed by atoms with Crippen LogP contribution in [0.2, 0.25) is 0 Å². The molecule has 0 fully saturated rings. The van der Waals surface area contributed by atoms with Crippen molar-refractivity contribution in [2.45, 2.75) is 6.54 Å². The number of hydrogen-bond acceptors (Lipinski definition) is 3. The highest BCUT2D eigenvalue weighted by molar-refractivity contribution is 9.10. The molecule has 0 unspecified atom stereocenters. The molecule has 0 saturated carbocycles. The van der Waals surface area contributed by atoms with E-state index in [1.807, 2.05) is 12.1 Å². The summed E-state index contributed by atoms with van der Waals surface area (Å²) in [6.07, 6.45) is 0. The lowest BCUT2D eigenvalue weighted by atomic mass is 10.1. The summed E-state index contributed by atoms with van der Waals surface area (Å²) in [6.45, 7) is 0.193. The summed E-state index contributed by atoms with van der Waals surface area (Å²) < 4.78 is 14.4. The fourth-order valence-corrected chi connectivity index (χ4v) is 2.20. The average molecular weight is 330 g/mol. The Labute approximate surface area is 124 Å². The van der Waals surface area contributed by atoms with Crippen LogP contribution in [0.1, 0.15) is 16.7 Å². The summed E-state index contributed by atoms with van der Waals surface area (Å²) in [6, 6.07) is 13.5. The second-order valence-electron chi connectivity index (χ2n) is 4.04. The van der Waals surface area contributed by atoms with Crippen LogP contribution in [0.25, 0.3) is 0 Å². The molecule has 0 aromatic heterocycles. The van der Waals surface area contributed by atoms with Crippen LogP contribution < -0.4 is 5.32 Å². The lowest BCUT2D eigenvalue weighted by Crippen LogP contribution is -2.05. The predicted molar refractivity (Wildman–Crippen MR) is 77.3 cm³/mol. The van der Waals surface area contributed by atoms with Gasteiger partial charge in [-0.25, -0.2) is 4.39 Å². The third-order valence-corrected chi connectivity index (χ3v) is 3.26. The summed E-state index contributed by atoms with van der Waals surface area (Å²) in [5.74, 6) is -0.339. The van der Waals surface area contributed by atoms with E-state index in [0.717, 1.165) is 4.47 Å². The van der Waals surface area contributed by atoms with Gasteiger partial charge in [0.15, 0.2) is 0 Å². The molecule has 0 saturated heterocycles. The van der Waals surface area contributed by atoms with Gasteiger partial charge in [0.25, 0.3) is 0 Å². The van der Waals surface area contributed by atoms with E-state index in [9.17, 15) is 4.39 Å². The first kappa shape index (κ1) is 14.0. The lowest BCUT2D eigenvalue weighted by Gasteiger charge is -2.11. The van der Waals surface area contributed by atoms with E-state index in [4.69, 9.17) is 10.5 Å². The van der Waals surface area contributed by atoms with Gasteiger partial charge in [-0.1, -0.05) is 22.0 Å². The SMILES string of the molecule is N#Cc1cccc(C#N)c1NCc1cc(Br)ccc1F. The van der Waals surface area contributed by atoms with Gasteiger partial charge in [0.1, 0.15) is 18.0 Å². The van der Waals surface area contributed by atoms with Gasteiger partial charge in [0.05, 0.1) is 16.8 Å². The molecular weight excluding hydrogens is 321 g/mol. The Balaban J connectivity index is 2.30. The minimum atomic E-state index is -0.339. The summed E-state index contributed by atoms with van der Waals surface area (Å²) in [4.78, 5) is 0. The number of para-hydroxylation sites is 1. The molecule has 0 spiro atoms. The zero-order valence-electron chi connectivity index (χ0n) is 10.3. The molecule has 3 nitrogen and oxygen atoms in total. The molecule has 0 radical (unpaired) electrons. The van der Waals surface area contributed by atoms with E-state index in [0.29, 0.717) is 22.4 Å². The number of nitrogens with zero attached hydrogens (tertiary/aromatic N) is 2. The van der Waals surface area contributed by atoms with Gasteiger partial charge in [-0.2, -0.15) is 10.5 Å². The zero-order chi connectivity index (χ0) is 14.5. The Hall–Kier alpha value is -2.37. The predicted octanol–water partition coefficient (Wildman–Crippen LogP) is 3.94. The van der Waals surface area contributed by atoms with Crippen molar-refractivity contribution in [2.24, 2.45) is 0 Å². The first-order valence-electron chi connectivity index (χ1n) is 5.76. The third kappa shape index (κ3) is 2.96. The topological polar surface area (TPSA) is 59.6 Å². The molecule has 1 N–H and O–H groups in total. The van der Waals surface area contributed by atoms with Crippen LogP contribution >= 0.6 is 15.9 Å². The van der Waals surface area contributed by atoms with Crippen molar-refractivity contribution in [2.75, 3.05) is 5.32 Å². The molecule has 0 atom stereocenters. The van der Waals surface area contributed by atoms with E-state index in [1.54, 1.807) is 30.3 Å². The van der Waals surface area contributed by atoms with E-state index in [1.165, 1.54) is 6.07 Å². The second kappa shape index (κ2) is 6.18. The van der Waals surface area contributed by atoms with Crippen molar-refractivity contribution in [3.8, 4) is 12.1 Å². The first-order valence-corrected chi connectivity index (χ1v) is 6.56. The van der Waals surface area contributed by atoms with Gasteiger partial charge in [0.2, 0.25) is 0 Å². The second-order valence-corrected chi connectivity index (χ2v) is 4.96. The molecule has 0 aliphatic rings.